The number of unbranched alkanes of at least 4 members (excludes halogenated alkanes) is 30. The Balaban J connectivity index is 1.10. The highest BCUT2D eigenvalue weighted by molar-refractivity contribution is 5.86. The lowest BCUT2D eigenvalue weighted by molar-refractivity contribution is -0.134. The van der Waals surface area contributed by atoms with Gasteiger partial charge in [0.2, 0.25) is 5.91 Å². The summed E-state index contributed by atoms with van der Waals surface area (Å²) in [5.74, 6) is -0.135. The number of rotatable bonds is 45. The fourth-order valence-corrected chi connectivity index (χ4v) is 12.4. The number of carbonyl (C=O) groups excluding carboxylic acids is 2. The first kappa shape index (κ1) is 64.0. The number of alkyl carbamates (subject to hydrolysis) is 1. The zero-order chi connectivity index (χ0) is 56.0. The molecule has 1 unspecified atom stereocenters. The maximum absolute atomic E-state index is 15.3. The van der Waals surface area contributed by atoms with Gasteiger partial charge in [-0.05, 0) is 51.8 Å². The van der Waals surface area contributed by atoms with Gasteiger partial charge in [-0.15, -0.1) is 0 Å². The van der Waals surface area contributed by atoms with Crippen molar-refractivity contribution in [3.63, 3.8) is 0 Å². The average molecular weight is 1090 g/mol. The third-order valence-corrected chi connectivity index (χ3v) is 17.1. The van der Waals surface area contributed by atoms with Crippen LogP contribution in [0.1, 0.15) is 259 Å². The van der Waals surface area contributed by atoms with Gasteiger partial charge in [-0.3, -0.25) is 4.79 Å². The van der Waals surface area contributed by atoms with E-state index in [4.69, 9.17) is 9.47 Å². The lowest BCUT2D eigenvalue weighted by Crippen LogP contribution is -2.50. The van der Waals surface area contributed by atoms with Crippen molar-refractivity contribution in [2.75, 3.05) is 26.3 Å². The van der Waals surface area contributed by atoms with E-state index >= 15 is 4.79 Å². The summed E-state index contributed by atoms with van der Waals surface area (Å²) in [6, 6.07) is 47.1. The lowest BCUT2D eigenvalue weighted by atomic mass is 9.80. The molecule has 6 heteroatoms. The molecule has 1 aliphatic carbocycles. The summed E-state index contributed by atoms with van der Waals surface area (Å²) in [7, 11) is 0. The zero-order valence-electron chi connectivity index (χ0n) is 50.2. The van der Waals surface area contributed by atoms with E-state index in [1.54, 1.807) is 0 Å². The second kappa shape index (κ2) is 39.3. The van der Waals surface area contributed by atoms with Gasteiger partial charge in [0.25, 0.3) is 0 Å². The van der Waals surface area contributed by atoms with E-state index in [9.17, 15) is 4.79 Å². The minimum absolute atomic E-state index is 0.0474. The molecule has 0 aliphatic heterocycles. The van der Waals surface area contributed by atoms with Gasteiger partial charge in [0.05, 0.1) is 6.61 Å². The van der Waals surface area contributed by atoms with Gasteiger partial charge in [0, 0.05) is 25.4 Å². The van der Waals surface area contributed by atoms with Crippen molar-refractivity contribution in [1.82, 2.24) is 10.2 Å². The predicted octanol–water partition coefficient (Wildman–Crippen LogP) is 20.6. The van der Waals surface area contributed by atoms with E-state index in [0.717, 1.165) is 53.5 Å². The molecule has 0 saturated heterocycles. The van der Waals surface area contributed by atoms with Crippen LogP contribution in [0.4, 0.5) is 4.79 Å². The van der Waals surface area contributed by atoms with Crippen LogP contribution in [0.3, 0.4) is 0 Å². The molecule has 6 rings (SSSR count). The van der Waals surface area contributed by atoms with E-state index in [-0.39, 0.29) is 31.5 Å². The van der Waals surface area contributed by atoms with E-state index in [1.807, 2.05) is 18.2 Å². The fraction of sp³-hybridized carbons (Fsp3) is 0.568. The minimum Gasteiger partial charge on any atom is -0.449 e. The Bertz CT molecular complexity index is 2190. The number of nitrogens with zero attached hydrogens (tertiary/aromatic N) is 1. The Morgan fingerprint density at radius 3 is 1.09 bits per heavy atom. The largest absolute Gasteiger partial charge is 0.449 e. The molecule has 0 bridgehead atoms. The molecule has 2 amide bonds. The van der Waals surface area contributed by atoms with Crippen LogP contribution in [0.25, 0.3) is 11.1 Å². The normalized spacial score (nSPS) is 12.5. The number of amides is 2. The summed E-state index contributed by atoms with van der Waals surface area (Å²) < 4.78 is 13.5. The average Bonchev–Trinajstić information content (AvgIpc) is 3.89. The van der Waals surface area contributed by atoms with Crippen LogP contribution < -0.4 is 5.32 Å². The van der Waals surface area contributed by atoms with E-state index in [2.05, 4.69) is 145 Å². The van der Waals surface area contributed by atoms with Crippen LogP contribution in [0.2, 0.25) is 0 Å². The molecule has 1 N–H and O–H groups in total. The van der Waals surface area contributed by atoms with Crippen LogP contribution in [-0.2, 0) is 19.9 Å². The predicted molar refractivity (Wildman–Crippen MR) is 337 cm³/mol. The van der Waals surface area contributed by atoms with Crippen LogP contribution in [0.5, 0.6) is 0 Å². The van der Waals surface area contributed by atoms with Crippen molar-refractivity contribution in [2.24, 2.45) is 0 Å². The third-order valence-electron chi connectivity index (χ3n) is 17.1. The Morgan fingerprint density at radius 2 is 0.738 bits per heavy atom. The Kier molecular flexibility index (Phi) is 31.4. The molecule has 0 aromatic heterocycles. The van der Waals surface area contributed by atoms with E-state index < -0.39 is 17.7 Å². The number of carbonyl (C=O) groups is 2. The second-order valence-electron chi connectivity index (χ2n) is 23.4. The van der Waals surface area contributed by atoms with Crippen LogP contribution in [-0.4, -0.2) is 49.2 Å². The van der Waals surface area contributed by atoms with E-state index in [1.165, 1.54) is 191 Å². The van der Waals surface area contributed by atoms with Gasteiger partial charge in [0.15, 0.2) is 0 Å². The topological polar surface area (TPSA) is 67.9 Å². The smallest absolute Gasteiger partial charge is 0.407 e. The van der Waals surface area contributed by atoms with Crippen molar-refractivity contribution < 1.29 is 19.1 Å². The molecular weight excluding hydrogens is 981 g/mol. The van der Waals surface area contributed by atoms with Gasteiger partial charge in [-0.25, -0.2) is 4.79 Å². The monoisotopic (exact) mass is 1090 g/mol. The van der Waals surface area contributed by atoms with Gasteiger partial charge in [0.1, 0.15) is 18.2 Å². The highest BCUT2D eigenvalue weighted by Crippen LogP contribution is 2.45. The molecular formula is C74H106N2O4. The highest BCUT2D eigenvalue weighted by Gasteiger charge is 2.38. The number of benzene rings is 5. The van der Waals surface area contributed by atoms with Crippen molar-refractivity contribution in [3.8, 4) is 11.1 Å². The molecule has 0 spiro atoms. The molecule has 436 valence electrons. The fourth-order valence-electron chi connectivity index (χ4n) is 12.4. The van der Waals surface area contributed by atoms with Gasteiger partial charge in [-0.2, -0.15) is 0 Å². The summed E-state index contributed by atoms with van der Waals surface area (Å²) in [6.45, 7) is 6.34. The van der Waals surface area contributed by atoms with Crippen molar-refractivity contribution in [3.05, 3.63) is 167 Å². The number of hydrogen-bond donors (Lipinski definition) is 1. The summed E-state index contributed by atoms with van der Waals surface area (Å²) in [5.41, 5.74) is 6.72. The first-order valence-electron chi connectivity index (χ1n) is 32.8. The summed E-state index contributed by atoms with van der Waals surface area (Å²) in [5, 5.41) is 3.15. The van der Waals surface area contributed by atoms with Crippen LogP contribution in [0, 0.1) is 0 Å². The number of hydrogen-bond acceptors (Lipinski definition) is 4. The van der Waals surface area contributed by atoms with Crippen molar-refractivity contribution in [2.45, 2.75) is 243 Å². The number of nitrogens with one attached hydrogen (secondary N) is 1. The van der Waals surface area contributed by atoms with Crippen LogP contribution >= 0.6 is 0 Å². The molecule has 0 saturated carbocycles. The Hall–Kier alpha value is -5.20. The maximum atomic E-state index is 15.3. The maximum Gasteiger partial charge on any atom is 0.407 e. The van der Waals surface area contributed by atoms with Crippen molar-refractivity contribution >= 4 is 12.0 Å². The molecule has 6 nitrogen and oxygen atoms in total. The summed E-state index contributed by atoms with van der Waals surface area (Å²) in [6.07, 6.45) is 41.6. The SMILES string of the molecule is CCCCCCCCCCCCCCCCCCN(CCCCCCCCCCCCCCCCCC)C(=O)C(CCOC(c1ccccc1)(c1ccccc1)c1ccccc1)NC(=O)OCC1c2ccccc2-c2ccccc21. The second-order valence-corrected chi connectivity index (χ2v) is 23.4. The number of fused-ring (bicyclic) bond motifs is 3. The molecule has 1 atom stereocenters. The summed E-state index contributed by atoms with van der Waals surface area (Å²) in [4.78, 5) is 31.7. The Labute approximate surface area is 487 Å². The molecule has 0 radical (unpaired) electrons. The quantitative estimate of drug-likeness (QED) is 0.0312. The molecule has 5 aromatic carbocycles. The number of ether oxygens (including phenoxy) is 2. The van der Waals surface area contributed by atoms with E-state index in [0.29, 0.717) is 13.1 Å². The van der Waals surface area contributed by atoms with Gasteiger partial charge >= 0.3 is 6.09 Å². The molecule has 0 heterocycles. The Morgan fingerprint density at radius 1 is 0.425 bits per heavy atom. The lowest BCUT2D eigenvalue weighted by Gasteiger charge is -2.36. The van der Waals surface area contributed by atoms with Gasteiger partial charge < -0.3 is 19.7 Å². The summed E-state index contributed by atoms with van der Waals surface area (Å²) >= 11 is 0. The standard InChI is InChI=1S/C74H106N2O4/c1-3-5-7-9-11-13-15-17-19-21-23-25-27-29-31-46-59-76(60-47-32-30-28-26-24-22-20-18-16-14-12-10-8-6-4-2)72(77)71(75-73(78)79-62-70-68-56-44-42-54-66(68)67-55-43-45-57-69(67)70)58-61-80-74(63-48-36-33-37-49-63,64-50-38-34-39-51-64)65-52-40-35-41-53-65/h33-45,48-57,70-71H,3-32,46-47,58-62H2,1-2H3,(H,75,78). The third kappa shape index (κ3) is 21.9. The molecule has 1 aliphatic rings. The zero-order valence-corrected chi connectivity index (χ0v) is 50.2. The van der Waals surface area contributed by atoms with Crippen molar-refractivity contribution in [1.29, 1.82) is 0 Å². The first-order valence-corrected chi connectivity index (χ1v) is 32.8. The van der Waals surface area contributed by atoms with Crippen LogP contribution in [0.15, 0.2) is 140 Å². The highest BCUT2D eigenvalue weighted by atomic mass is 16.5. The first-order chi connectivity index (χ1) is 39.6. The molecule has 0 fully saturated rings. The minimum atomic E-state index is -0.956. The molecule has 5 aromatic rings. The molecule has 80 heavy (non-hydrogen) atoms. The van der Waals surface area contributed by atoms with Gasteiger partial charge in [-0.1, -0.05) is 346 Å².